The molecule has 2 aromatic rings. The summed E-state index contributed by atoms with van der Waals surface area (Å²) >= 11 is 0. The Bertz CT molecular complexity index is 963. The Kier molecular flexibility index (Phi) is 6.75. The molecule has 1 aromatic carbocycles. The summed E-state index contributed by atoms with van der Waals surface area (Å²) in [6.45, 7) is 12.8. The number of fused-ring (bicyclic) bond motifs is 1. The van der Waals surface area contributed by atoms with Crippen molar-refractivity contribution in [1.82, 2.24) is 10.2 Å². The number of rotatable bonds is 8. The van der Waals surface area contributed by atoms with Crippen molar-refractivity contribution >= 4 is 16.9 Å². The summed E-state index contributed by atoms with van der Waals surface area (Å²) in [5, 5.41) is 3.80. The third kappa shape index (κ3) is 5.07. The summed E-state index contributed by atoms with van der Waals surface area (Å²) in [4.78, 5) is 27.4. The number of aryl methyl sites for hydroxylation is 1. The summed E-state index contributed by atoms with van der Waals surface area (Å²) in [7, 11) is 0. The highest BCUT2D eigenvalue weighted by Crippen LogP contribution is 2.24. The van der Waals surface area contributed by atoms with E-state index in [1.807, 2.05) is 26.0 Å². The van der Waals surface area contributed by atoms with Crippen molar-refractivity contribution in [3.8, 4) is 5.75 Å². The number of nitrogens with one attached hydrogen (secondary N) is 1. The molecule has 1 amide bonds. The maximum atomic E-state index is 12.5. The molecule has 0 saturated carbocycles. The molecule has 2 heterocycles. The second kappa shape index (κ2) is 9.27. The molecule has 3 rings (SSSR count). The fourth-order valence-corrected chi connectivity index (χ4v) is 3.87. The monoisotopic (exact) mass is 398 g/mol. The van der Waals surface area contributed by atoms with Gasteiger partial charge in [-0.2, -0.15) is 0 Å². The average Bonchev–Trinajstić information content (AvgIpc) is 3.15. The quantitative estimate of drug-likeness (QED) is 0.546. The molecule has 29 heavy (non-hydrogen) atoms. The molecule has 0 bridgehead atoms. The van der Waals surface area contributed by atoms with Crippen molar-refractivity contribution in [2.75, 3.05) is 26.2 Å². The van der Waals surface area contributed by atoms with Crippen molar-refractivity contribution in [2.24, 2.45) is 0 Å². The molecule has 0 radical (unpaired) electrons. The third-order valence-corrected chi connectivity index (χ3v) is 5.52. The van der Waals surface area contributed by atoms with Crippen LogP contribution in [0.3, 0.4) is 0 Å². The van der Waals surface area contributed by atoms with Crippen LogP contribution in [-0.4, -0.2) is 43.1 Å². The minimum absolute atomic E-state index is 0.0247. The van der Waals surface area contributed by atoms with Gasteiger partial charge in [0.1, 0.15) is 17.9 Å². The number of hydrogen-bond donors (Lipinski definition) is 1. The Hall–Kier alpha value is -2.60. The maximum absolute atomic E-state index is 12.5. The number of hydrogen-bond acceptors (Lipinski definition) is 5. The van der Waals surface area contributed by atoms with E-state index in [1.54, 1.807) is 6.07 Å². The van der Waals surface area contributed by atoms with Crippen molar-refractivity contribution < 1.29 is 13.9 Å². The van der Waals surface area contributed by atoms with Crippen LogP contribution in [0.5, 0.6) is 5.75 Å². The van der Waals surface area contributed by atoms with E-state index in [9.17, 15) is 9.59 Å². The highest BCUT2D eigenvalue weighted by atomic mass is 16.5. The lowest BCUT2D eigenvalue weighted by molar-refractivity contribution is -0.120. The lowest BCUT2D eigenvalue weighted by Gasteiger charge is -2.22. The first-order valence-electron chi connectivity index (χ1n) is 10.2. The van der Waals surface area contributed by atoms with E-state index >= 15 is 0 Å². The Morgan fingerprint density at radius 3 is 2.93 bits per heavy atom. The van der Waals surface area contributed by atoms with Gasteiger partial charge in [0.2, 0.25) is 5.91 Å². The number of ether oxygens (including phenoxy) is 1. The van der Waals surface area contributed by atoms with E-state index in [1.165, 1.54) is 6.42 Å². The first-order chi connectivity index (χ1) is 13.9. The van der Waals surface area contributed by atoms with Crippen LogP contribution < -0.4 is 15.7 Å². The number of amides is 1. The fraction of sp³-hybridized carbons (Fsp3) is 0.478. The van der Waals surface area contributed by atoms with Gasteiger partial charge >= 0.3 is 5.63 Å². The highest BCUT2D eigenvalue weighted by molar-refractivity contribution is 5.85. The molecule has 0 unspecified atom stereocenters. The van der Waals surface area contributed by atoms with Gasteiger partial charge < -0.3 is 14.5 Å². The van der Waals surface area contributed by atoms with E-state index in [-0.39, 0.29) is 12.3 Å². The summed E-state index contributed by atoms with van der Waals surface area (Å²) in [6, 6.07) is 5.79. The molecule has 156 valence electrons. The van der Waals surface area contributed by atoms with Gasteiger partial charge in [-0.25, -0.2) is 4.79 Å². The predicted octanol–water partition coefficient (Wildman–Crippen LogP) is 3.20. The Morgan fingerprint density at radius 1 is 1.41 bits per heavy atom. The molecule has 6 heteroatoms. The molecule has 6 nitrogen and oxygen atoms in total. The number of likely N-dealkylation sites (N-methyl/N-ethyl adjacent to an activating group) is 1. The molecule has 1 aromatic heterocycles. The summed E-state index contributed by atoms with van der Waals surface area (Å²) in [5.74, 6) is 0.467. The molecule has 1 atom stereocenters. The van der Waals surface area contributed by atoms with Crippen LogP contribution in [0.4, 0.5) is 0 Å². The third-order valence-electron chi connectivity index (χ3n) is 5.52. The second-order valence-corrected chi connectivity index (χ2v) is 7.80. The Balaban J connectivity index is 1.72. The average molecular weight is 399 g/mol. The van der Waals surface area contributed by atoms with Gasteiger partial charge in [0.15, 0.2) is 0 Å². The first-order valence-corrected chi connectivity index (χ1v) is 10.2. The topological polar surface area (TPSA) is 71.8 Å². The van der Waals surface area contributed by atoms with Crippen LogP contribution >= 0.6 is 0 Å². The van der Waals surface area contributed by atoms with Gasteiger partial charge in [0.25, 0.3) is 0 Å². The lowest BCUT2D eigenvalue weighted by atomic mass is 10.0. The Labute approximate surface area is 171 Å². The van der Waals surface area contributed by atoms with Gasteiger partial charge in [0, 0.05) is 24.0 Å². The van der Waals surface area contributed by atoms with Gasteiger partial charge in [-0.3, -0.25) is 9.69 Å². The van der Waals surface area contributed by atoms with Crippen LogP contribution in [0.15, 0.2) is 39.6 Å². The fourth-order valence-electron chi connectivity index (χ4n) is 3.87. The van der Waals surface area contributed by atoms with Crippen LogP contribution in [-0.2, 0) is 11.2 Å². The number of likely N-dealkylation sites (tertiary alicyclic amines) is 1. The zero-order chi connectivity index (χ0) is 21.0. The molecule has 1 aliphatic rings. The largest absolute Gasteiger partial charge is 0.489 e. The zero-order valence-electron chi connectivity index (χ0n) is 17.5. The summed E-state index contributed by atoms with van der Waals surface area (Å²) in [6.07, 6.45) is 2.29. The minimum atomic E-state index is -0.474. The molecule has 1 aliphatic heterocycles. The maximum Gasteiger partial charge on any atom is 0.340 e. The standard InChI is InChI=1S/C23H30N2O4/c1-5-25-10-6-7-17(25)13-24-22(26)12-20-16(4)19-9-8-18(28-14-15(2)3)11-21(19)29-23(20)27/h8-9,11,17H,2,5-7,10,12-14H2,1,3-4H3,(H,24,26)/t17-/m0/s1. The van der Waals surface area contributed by atoms with Crippen molar-refractivity contribution in [1.29, 1.82) is 0 Å². The highest BCUT2D eigenvalue weighted by Gasteiger charge is 2.23. The van der Waals surface area contributed by atoms with Crippen molar-refractivity contribution in [3.63, 3.8) is 0 Å². The first kappa shape index (κ1) is 21.1. The predicted molar refractivity (Wildman–Crippen MR) is 115 cm³/mol. The SMILES string of the molecule is C=C(C)COc1ccc2c(C)c(CC(=O)NC[C@@H]3CCCN3CC)c(=O)oc2c1. The summed E-state index contributed by atoms with van der Waals surface area (Å²) in [5.41, 5.74) is 2.07. The van der Waals surface area contributed by atoms with Gasteiger partial charge in [-0.1, -0.05) is 13.5 Å². The van der Waals surface area contributed by atoms with Crippen molar-refractivity contribution in [2.45, 2.75) is 46.1 Å². The van der Waals surface area contributed by atoms with Crippen LogP contribution in [0.25, 0.3) is 11.0 Å². The van der Waals surface area contributed by atoms with Gasteiger partial charge in [-0.15, -0.1) is 0 Å². The second-order valence-electron chi connectivity index (χ2n) is 7.80. The smallest absolute Gasteiger partial charge is 0.340 e. The van der Waals surface area contributed by atoms with Crippen molar-refractivity contribution in [3.05, 3.63) is 51.9 Å². The van der Waals surface area contributed by atoms with Gasteiger partial charge in [0.05, 0.1) is 12.0 Å². The number of nitrogens with zero attached hydrogens (tertiary/aromatic N) is 1. The van der Waals surface area contributed by atoms with E-state index < -0.39 is 5.63 Å². The number of carbonyl (C=O) groups excluding carboxylic acids is 1. The molecule has 0 spiro atoms. The molecular formula is C23H30N2O4. The number of benzene rings is 1. The van der Waals surface area contributed by atoms with E-state index in [0.717, 1.165) is 36.0 Å². The zero-order valence-corrected chi connectivity index (χ0v) is 17.5. The van der Waals surface area contributed by atoms with Crippen LogP contribution in [0.2, 0.25) is 0 Å². The normalized spacial score (nSPS) is 16.9. The molecular weight excluding hydrogens is 368 g/mol. The minimum Gasteiger partial charge on any atom is -0.489 e. The molecule has 1 fully saturated rings. The summed E-state index contributed by atoms with van der Waals surface area (Å²) < 4.78 is 11.1. The van der Waals surface area contributed by atoms with E-state index in [2.05, 4.69) is 23.7 Å². The van der Waals surface area contributed by atoms with Crippen LogP contribution in [0, 0.1) is 6.92 Å². The van der Waals surface area contributed by atoms with Crippen LogP contribution in [0.1, 0.15) is 37.8 Å². The number of carbonyl (C=O) groups is 1. The van der Waals surface area contributed by atoms with Gasteiger partial charge in [-0.05, 0) is 63.0 Å². The molecule has 0 aliphatic carbocycles. The molecule has 1 saturated heterocycles. The Morgan fingerprint density at radius 2 is 2.21 bits per heavy atom. The van der Waals surface area contributed by atoms with E-state index in [0.29, 0.717) is 36.1 Å². The van der Waals surface area contributed by atoms with E-state index in [4.69, 9.17) is 9.15 Å². The lowest BCUT2D eigenvalue weighted by Crippen LogP contribution is -2.40. The molecule has 1 N–H and O–H groups in total.